The molecule has 0 fully saturated rings. The first-order valence-corrected chi connectivity index (χ1v) is 4.86. The Labute approximate surface area is 113 Å². The molecule has 20 heavy (non-hydrogen) atoms. The number of nitrogens with zero attached hydrogens (tertiary/aromatic N) is 6. The van der Waals surface area contributed by atoms with Crippen LogP contribution >= 0.6 is 0 Å². The van der Waals surface area contributed by atoms with Crippen LogP contribution in [0.2, 0.25) is 0 Å². The number of aliphatic hydroxyl groups excluding tert-OH is 1. The van der Waals surface area contributed by atoms with Gasteiger partial charge >= 0.3 is 0 Å². The number of aliphatic hydroxyl groups is 1. The van der Waals surface area contributed by atoms with Gasteiger partial charge in [-0.25, -0.2) is 0 Å². The third kappa shape index (κ3) is 6.50. The summed E-state index contributed by atoms with van der Waals surface area (Å²) in [4.78, 5) is 20.9. The van der Waals surface area contributed by atoms with Gasteiger partial charge in [0.05, 0.1) is 0 Å². The zero-order chi connectivity index (χ0) is 15.7. The average molecular weight is 284 g/mol. The molecule has 2 rings (SSSR count). The monoisotopic (exact) mass is 284 g/mol. The smallest absolute Gasteiger partial charge is 0.226 e. The minimum atomic E-state index is 0.0417. The highest BCUT2D eigenvalue weighted by molar-refractivity contribution is 5.33. The van der Waals surface area contributed by atoms with Crippen molar-refractivity contribution in [1.29, 1.82) is 0 Å². The van der Waals surface area contributed by atoms with E-state index in [2.05, 4.69) is 29.9 Å². The quantitative estimate of drug-likeness (QED) is 0.252. The first-order valence-electron chi connectivity index (χ1n) is 4.86. The summed E-state index contributed by atoms with van der Waals surface area (Å²) >= 11 is 0. The Morgan fingerprint density at radius 1 is 0.450 bits per heavy atom. The van der Waals surface area contributed by atoms with E-state index in [-0.39, 0.29) is 35.7 Å². The van der Waals surface area contributed by atoms with Gasteiger partial charge in [0.25, 0.3) is 0 Å². The molecule has 0 saturated carbocycles. The predicted octanol–water partition coefficient (Wildman–Crippen LogP) is -3.16. The van der Waals surface area contributed by atoms with Crippen LogP contribution in [0.25, 0.3) is 0 Å². The number of hydrogen-bond donors (Lipinski definition) is 7. The lowest BCUT2D eigenvalue weighted by Crippen LogP contribution is -2.05. The van der Waals surface area contributed by atoms with Crippen LogP contribution in [-0.4, -0.2) is 42.1 Å². The van der Waals surface area contributed by atoms with Crippen molar-refractivity contribution in [1.82, 2.24) is 29.9 Å². The van der Waals surface area contributed by atoms with Gasteiger partial charge in [-0.2, -0.15) is 29.9 Å². The van der Waals surface area contributed by atoms with Crippen molar-refractivity contribution < 1.29 is 5.11 Å². The SMILES string of the molecule is CO.Nc1nc(N)nc(N)n1.Nc1nc(N)nc(N)n1. The van der Waals surface area contributed by atoms with Crippen LogP contribution in [0.15, 0.2) is 0 Å². The molecule has 0 radical (unpaired) electrons. The molecular weight excluding hydrogens is 268 g/mol. The molecule has 13 heteroatoms. The molecule has 0 aliphatic heterocycles. The third-order valence-electron chi connectivity index (χ3n) is 1.37. The van der Waals surface area contributed by atoms with Crippen LogP contribution in [-0.2, 0) is 0 Å². The summed E-state index contributed by atoms with van der Waals surface area (Å²) in [6.45, 7) is 0. The maximum absolute atomic E-state index is 7.00. The zero-order valence-corrected chi connectivity index (χ0v) is 10.6. The van der Waals surface area contributed by atoms with E-state index in [0.29, 0.717) is 0 Å². The summed E-state index contributed by atoms with van der Waals surface area (Å²) in [5.41, 5.74) is 30.8. The second kappa shape index (κ2) is 7.98. The van der Waals surface area contributed by atoms with Crippen molar-refractivity contribution in [2.45, 2.75) is 0 Å². The van der Waals surface area contributed by atoms with Gasteiger partial charge in [-0.1, -0.05) is 0 Å². The Morgan fingerprint density at radius 3 is 0.650 bits per heavy atom. The van der Waals surface area contributed by atoms with Crippen LogP contribution in [0, 0.1) is 0 Å². The standard InChI is InChI=1S/2C3H6N6.CH4O/c2*4-1-7-2(5)9-3(6)8-1;1-2/h2*(H6,4,5,6,7,8,9);2H,1H3. The Hall–Kier alpha value is -3.22. The first-order chi connectivity index (χ1) is 9.36. The van der Waals surface area contributed by atoms with Gasteiger partial charge in [0.15, 0.2) is 0 Å². The number of hydrogen-bond acceptors (Lipinski definition) is 13. The van der Waals surface area contributed by atoms with Crippen molar-refractivity contribution in [3.63, 3.8) is 0 Å². The Kier molecular flexibility index (Phi) is 6.70. The first kappa shape index (κ1) is 16.8. The Balaban J connectivity index is 0.000000321. The van der Waals surface area contributed by atoms with Crippen LogP contribution in [0.3, 0.4) is 0 Å². The molecular formula is C7H16N12O. The molecule has 2 aromatic rings. The lowest BCUT2D eigenvalue weighted by atomic mass is 10.9. The maximum atomic E-state index is 7.00. The molecule has 0 aliphatic carbocycles. The van der Waals surface area contributed by atoms with E-state index < -0.39 is 0 Å². The molecule has 0 saturated heterocycles. The summed E-state index contributed by atoms with van der Waals surface area (Å²) < 4.78 is 0. The van der Waals surface area contributed by atoms with E-state index in [9.17, 15) is 0 Å². The van der Waals surface area contributed by atoms with E-state index in [0.717, 1.165) is 7.11 Å². The van der Waals surface area contributed by atoms with Crippen molar-refractivity contribution in [3.05, 3.63) is 0 Å². The summed E-state index contributed by atoms with van der Waals surface area (Å²) in [7, 11) is 1.00. The molecule has 13 nitrogen and oxygen atoms in total. The van der Waals surface area contributed by atoms with Crippen LogP contribution in [0.1, 0.15) is 0 Å². The Bertz CT molecular complexity index is 395. The third-order valence-corrected chi connectivity index (χ3v) is 1.37. The lowest BCUT2D eigenvalue weighted by Gasteiger charge is -1.93. The molecule has 0 bridgehead atoms. The van der Waals surface area contributed by atoms with Gasteiger partial charge in [0, 0.05) is 7.11 Å². The van der Waals surface area contributed by atoms with E-state index in [1.807, 2.05) is 0 Å². The largest absolute Gasteiger partial charge is 0.400 e. The highest BCUT2D eigenvalue weighted by atomic mass is 16.2. The fourth-order valence-electron chi connectivity index (χ4n) is 0.854. The van der Waals surface area contributed by atoms with E-state index in [4.69, 9.17) is 39.5 Å². The number of rotatable bonds is 0. The van der Waals surface area contributed by atoms with Gasteiger partial charge in [-0.3, -0.25) is 0 Å². The number of aromatic nitrogens is 6. The number of nitrogens with two attached hydrogens (primary N) is 6. The van der Waals surface area contributed by atoms with Crippen molar-refractivity contribution in [3.8, 4) is 0 Å². The number of anilines is 6. The molecule has 0 unspecified atom stereocenters. The molecule has 0 aromatic carbocycles. The van der Waals surface area contributed by atoms with Gasteiger partial charge in [0.2, 0.25) is 35.7 Å². The molecule has 110 valence electrons. The normalized spacial score (nSPS) is 8.70. The summed E-state index contributed by atoms with van der Waals surface area (Å²) in [6.07, 6.45) is 0. The van der Waals surface area contributed by atoms with Crippen LogP contribution in [0.4, 0.5) is 35.7 Å². The zero-order valence-electron chi connectivity index (χ0n) is 10.6. The van der Waals surface area contributed by atoms with Crippen LogP contribution in [0.5, 0.6) is 0 Å². The van der Waals surface area contributed by atoms with Crippen molar-refractivity contribution in [2.75, 3.05) is 41.5 Å². The molecule has 0 amide bonds. The maximum Gasteiger partial charge on any atom is 0.226 e. The average Bonchev–Trinajstić information content (AvgIpc) is 2.28. The summed E-state index contributed by atoms with van der Waals surface area (Å²) in [6, 6.07) is 0. The second-order valence-corrected chi connectivity index (χ2v) is 2.82. The second-order valence-electron chi connectivity index (χ2n) is 2.82. The Morgan fingerprint density at radius 2 is 0.550 bits per heavy atom. The molecule has 0 aliphatic rings. The summed E-state index contributed by atoms with van der Waals surface area (Å²) in [5, 5.41) is 7.00. The highest BCUT2D eigenvalue weighted by Crippen LogP contribution is 1.98. The molecule has 2 aromatic heterocycles. The van der Waals surface area contributed by atoms with Gasteiger partial charge in [-0.05, 0) is 0 Å². The van der Waals surface area contributed by atoms with Crippen LogP contribution < -0.4 is 34.4 Å². The molecule has 0 atom stereocenters. The van der Waals surface area contributed by atoms with Crippen molar-refractivity contribution in [2.24, 2.45) is 0 Å². The molecule has 0 spiro atoms. The van der Waals surface area contributed by atoms with Crippen molar-refractivity contribution >= 4 is 35.7 Å². The fourth-order valence-corrected chi connectivity index (χ4v) is 0.854. The van der Waals surface area contributed by atoms with E-state index in [1.165, 1.54) is 0 Å². The fraction of sp³-hybridized carbons (Fsp3) is 0.143. The highest BCUT2D eigenvalue weighted by Gasteiger charge is 1.94. The topological polar surface area (TPSA) is 254 Å². The molecule has 2 heterocycles. The lowest BCUT2D eigenvalue weighted by molar-refractivity contribution is 0.399. The summed E-state index contributed by atoms with van der Waals surface area (Å²) in [5.74, 6) is 0.250. The predicted molar refractivity (Wildman–Crippen MR) is 74.3 cm³/mol. The number of nitrogen functional groups attached to an aromatic ring is 6. The minimum Gasteiger partial charge on any atom is -0.400 e. The van der Waals surface area contributed by atoms with E-state index >= 15 is 0 Å². The molecule has 13 N–H and O–H groups in total. The van der Waals surface area contributed by atoms with Gasteiger partial charge in [-0.15, -0.1) is 0 Å². The van der Waals surface area contributed by atoms with E-state index in [1.54, 1.807) is 0 Å². The van der Waals surface area contributed by atoms with Gasteiger partial charge in [0.1, 0.15) is 0 Å². The van der Waals surface area contributed by atoms with Gasteiger partial charge < -0.3 is 39.5 Å². The minimum absolute atomic E-state index is 0.0417.